The van der Waals surface area contributed by atoms with Crippen LogP contribution in [-0.4, -0.2) is 11.6 Å². The van der Waals surface area contributed by atoms with Gasteiger partial charge in [-0.2, -0.15) is 0 Å². The summed E-state index contributed by atoms with van der Waals surface area (Å²) in [5.74, 6) is 2.89. The normalized spacial score (nSPS) is 9.32. The first-order chi connectivity index (χ1) is 9.16. The third-order valence-electron chi connectivity index (χ3n) is 2.41. The van der Waals surface area contributed by atoms with Crippen LogP contribution >= 0.6 is 0 Å². The van der Waals surface area contributed by atoms with Crippen molar-refractivity contribution < 1.29 is 14.0 Å². The highest BCUT2D eigenvalue weighted by Crippen LogP contribution is 2.04. The average molecular weight is 252 g/mol. The van der Waals surface area contributed by atoms with Crippen molar-refractivity contribution in [1.82, 2.24) is 0 Å². The number of hydrogen-bond donors (Lipinski definition) is 0. The van der Waals surface area contributed by atoms with E-state index in [-0.39, 0.29) is 5.56 Å². The molecule has 0 N–H and O–H groups in total. The third-order valence-corrected chi connectivity index (χ3v) is 2.41. The zero-order chi connectivity index (χ0) is 13.7. The van der Waals surface area contributed by atoms with Crippen molar-refractivity contribution >= 4 is 11.6 Å². The molecule has 0 fully saturated rings. The fraction of sp³-hybridized carbons (Fsp3) is 0. The molecule has 0 atom stereocenters. The molecule has 0 amide bonds. The summed E-state index contributed by atoms with van der Waals surface area (Å²) in [6.07, 6.45) is 0. The van der Waals surface area contributed by atoms with Gasteiger partial charge in [-0.3, -0.25) is 9.59 Å². The lowest BCUT2D eigenvalue weighted by molar-refractivity contribution is -0.110. The van der Waals surface area contributed by atoms with E-state index in [4.69, 9.17) is 0 Å². The highest BCUT2D eigenvalue weighted by atomic mass is 19.1. The summed E-state index contributed by atoms with van der Waals surface area (Å²) in [6, 6.07) is 13.7. The van der Waals surface area contributed by atoms with Gasteiger partial charge in [0.25, 0.3) is 5.78 Å². The Bertz CT molecular complexity index is 661. The summed E-state index contributed by atoms with van der Waals surface area (Å²) in [7, 11) is 0. The second-order valence-electron chi connectivity index (χ2n) is 3.78. The minimum Gasteiger partial charge on any atom is -0.284 e. The molecule has 2 aromatic carbocycles. The molecular formula is C16H9FO2. The third kappa shape index (κ3) is 3.36. The molecule has 0 aliphatic heterocycles. The van der Waals surface area contributed by atoms with E-state index in [1.807, 2.05) is 6.07 Å². The van der Waals surface area contributed by atoms with Crippen molar-refractivity contribution in [3.63, 3.8) is 0 Å². The van der Waals surface area contributed by atoms with E-state index in [2.05, 4.69) is 11.8 Å². The highest BCUT2D eigenvalue weighted by Gasteiger charge is 2.13. The fourth-order valence-electron chi connectivity index (χ4n) is 1.44. The van der Waals surface area contributed by atoms with E-state index in [9.17, 15) is 14.0 Å². The zero-order valence-electron chi connectivity index (χ0n) is 9.89. The Morgan fingerprint density at radius 2 is 1.53 bits per heavy atom. The van der Waals surface area contributed by atoms with Crippen LogP contribution in [0.3, 0.4) is 0 Å². The summed E-state index contributed by atoms with van der Waals surface area (Å²) < 4.78 is 12.7. The van der Waals surface area contributed by atoms with Crippen LogP contribution in [0.2, 0.25) is 0 Å². The van der Waals surface area contributed by atoms with E-state index in [1.54, 1.807) is 24.3 Å². The van der Waals surface area contributed by atoms with Gasteiger partial charge in [-0.25, -0.2) is 4.39 Å². The van der Waals surface area contributed by atoms with Crippen molar-refractivity contribution in [3.05, 3.63) is 71.5 Å². The number of hydrogen-bond acceptors (Lipinski definition) is 2. The lowest BCUT2D eigenvalue weighted by Gasteiger charge is -1.95. The van der Waals surface area contributed by atoms with Crippen LogP contribution in [0.4, 0.5) is 4.39 Å². The molecule has 2 rings (SSSR count). The van der Waals surface area contributed by atoms with Gasteiger partial charge in [0.05, 0.1) is 0 Å². The smallest absolute Gasteiger partial charge is 0.276 e. The van der Waals surface area contributed by atoms with Gasteiger partial charge >= 0.3 is 0 Å². The Kier molecular flexibility index (Phi) is 3.84. The number of carbonyl (C=O) groups is 2. The quantitative estimate of drug-likeness (QED) is 0.468. The van der Waals surface area contributed by atoms with Crippen LogP contribution in [0.15, 0.2) is 54.6 Å². The van der Waals surface area contributed by atoms with Gasteiger partial charge in [-0.1, -0.05) is 24.1 Å². The van der Waals surface area contributed by atoms with E-state index < -0.39 is 17.4 Å². The van der Waals surface area contributed by atoms with E-state index in [0.29, 0.717) is 5.56 Å². The number of halogens is 1. The highest BCUT2D eigenvalue weighted by molar-refractivity contribution is 6.49. The van der Waals surface area contributed by atoms with E-state index in [1.165, 1.54) is 12.1 Å². The molecule has 0 aromatic heterocycles. The number of Topliss-reactive ketones (excluding diaryl/α,β-unsaturated/α-hetero) is 2. The molecule has 0 saturated heterocycles. The SMILES string of the molecule is O=C(C#Cc1ccccc1)C(=O)c1ccc(F)cc1. The minimum absolute atomic E-state index is 0.133. The molecule has 3 heteroatoms. The molecule has 0 unspecified atom stereocenters. The van der Waals surface area contributed by atoms with Crippen LogP contribution in [0.5, 0.6) is 0 Å². The molecule has 0 saturated carbocycles. The molecule has 92 valence electrons. The maximum absolute atomic E-state index is 12.7. The first-order valence-corrected chi connectivity index (χ1v) is 5.58. The number of rotatable bonds is 2. The van der Waals surface area contributed by atoms with Crippen LogP contribution in [0.25, 0.3) is 0 Å². The number of benzene rings is 2. The lowest BCUT2D eigenvalue weighted by Crippen LogP contribution is -2.11. The van der Waals surface area contributed by atoms with Crippen molar-refractivity contribution in [2.24, 2.45) is 0 Å². The fourth-order valence-corrected chi connectivity index (χ4v) is 1.44. The molecule has 0 aliphatic carbocycles. The Balaban J connectivity index is 2.15. The molecule has 0 aliphatic rings. The van der Waals surface area contributed by atoms with Crippen molar-refractivity contribution in [2.45, 2.75) is 0 Å². The number of ketones is 2. The van der Waals surface area contributed by atoms with Gasteiger partial charge in [0, 0.05) is 11.1 Å². The van der Waals surface area contributed by atoms with E-state index >= 15 is 0 Å². The van der Waals surface area contributed by atoms with E-state index in [0.717, 1.165) is 12.1 Å². The topological polar surface area (TPSA) is 34.1 Å². The largest absolute Gasteiger partial charge is 0.284 e. The van der Waals surface area contributed by atoms with Gasteiger partial charge in [0.1, 0.15) is 5.82 Å². The van der Waals surface area contributed by atoms with Crippen LogP contribution in [0.1, 0.15) is 15.9 Å². The second kappa shape index (κ2) is 5.74. The molecule has 19 heavy (non-hydrogen) atoms. The van der Waals surface area contributed by atoms with Crippen molar-refractivity contribution in [2.75, 3.05) is 0 Å². The monoisotopic (exact) mass is 252 g/mol. The van der Waals surface area contributed by atoms with Gasteiger partial charge in [-0.05, 0) is 42.3 Å². The lowest BCUT2D eigenvalue weighted by atomic mass is 10.1. The minimum atomic E-state index is -0.810. The summed E-state index contributed by atoms with van der Waals surface area (Å²) >= 11 is 0. The van der Waals surface area contributed by atoms with Gasteiger partial charge in [-0.15, -0.1) is 0 Å². The summed E-state index contributed by atoms with van der Waals surface area (Å²) in [5, 5.41) is 0. The average Bonchev–Trinajstić information content (AvgIpc) is 2.46. The van der Waals surface area contributed by atoms with Crippen LogP contribution in [-0.2, 0) is 4.79 Å². The summed E-state index contributed by atoms with van der Waals surface area (Å²) in [6.45, 7) is 0. The molecular weight excluding hydrogens is 243 g/mol. The molecule has 0 heterocycles. The molecule has 0 radical (unpaired) electrons. The van der Waals surface area contributed by atoms with Crippen molar-refractivity contribution in [3.8, 4) is 11.8 Å². The first kappa shape index (κ1) is 12.7. The summed E-state index contributed by atoms with van der Waals surface area (Å²) in [5.41, 5.74) is 0.788. The Labute approximate surface area is 109 Å². The second-order valence-corrected chi connectivity index (χ2v) is 3.78. The molecule has 0 spiro atoms. The zero-order valence-corrected chi connectivity index (χ0v) is 9.89. The van der Waals surface area contributed by atoms with Gasteiger partial charge in [0.15, 0.2) is 0 Å². The maximum Gasteiger partial charge on any atom is 0.276 e. The Morgan fingerprint density at radius 3 is 2.16 bits per heavy atom. The van der Waals surface area contributed by atoms with Gasteiger partial charge < -0.3 is 0 Å². The number of carbonyl (C=O) groups excluding carboxylic acids is 2. The van der Waals surface area contributed by atoms with Crippen molar-refractivity contribution in [1.29, 1.82) is 0 Å². The molecule has 0 bridgehead atoms. The molecule has 2 nitrogen and oxygen atoms in total. The Morgan fingerprint density at radius 1 is 0.895 bits per heavy atom. The van der Waals surface area contributed by atoms with Crippen LogP contribution < -0.4 is 0 Å². The first-order valence-electron chi connectivity index (χ1n) is 5.58. The van der Waals surface area contributed by atoms with Crippen LogP contribution in [0, 0.1) is 17.7 Å². The maximum atomic E-state index is 12.7. The standard InChI is InChI=1S/C16H9FO2/c17-14-9-7-13(8-10-14)16(19)15(18)11-6-12-4-2-1-3-5-12/h1-5,7-10H. The van der Waals surface area contributed by atoms with Gasteiger partial charge in [0.2, 0.25) is 5.78 Å². The predicted octanol–water partition coefficient (Wildman–Crippen LogP) is 2.63. The summed E-state index contributed by atoms with van der Waals surface area (Å²) in [4.78, 5) is 23.3. The predicted molar refractivity (Wildman–Crippen MR) is 69.1 cm³/mol. The molecule has 2 aromatic rings. The Hall–Kier alpha value is -2.73.